The smallest absolute Gasteiger partial charge is 0.597 e. The molecule has 1 unspecified atom stereocenters. The van der Waals surface area contributed by atoms with E-state index in [1.165, 1.54) is 11.1 Å². The van der Waals surface area contributed by atoms with Crippen LogP contribution >= 0.6 is 15.9 Å². The molecule has 0 saturated carbocycles. The summed E-state index contributed by atoms with van der Waals surface area (Å²) in [5, 5.41) is 0. The van der Waals surface area contributed by atoms with Crippen molar-refractivity contribution in [1.29, 1.82) is 0 Å². The first kappa shape index (κ1) is 19.1. The number of halogens is 1. The molecular weight excluding hydrogens is 459 g/mol. The molecule has 0 spiro atoms. The SMILES string of the molecule is Brc1ccccc1O[B-]1(c2ccccc2)n2cccc2C(c2ccccc2)=C2C=CC=[N+]21. The van der Waals surface area contributed by atoms with Gasteiger partial charge in [-0.25, -0.2) is 0 Å². The highest BCUT2D eigenvalue weighted by molar-refractivity contribution is 9.10. The summed E-state index contributed by atoms with van der Waals surface area (Å²) in [6.45, 7) is -1.84. The van der Waals surface area contributed by atoms with Gasteiger partial charge in [0.05, 0.1) is 15.8 Å². The van der Waals surface area contributed by atoms with Gasteiger partial charge in [-0.3, -0.25) is 0 Å². The normalized spacial score (nSPS) is 18.8. The highest BCUT2D eigenvalue weighted by atomic mass is 79.9. The van der Waals surface area contributed by atoms with E-state index < -0.39 is 6.62 Å². The van der Waals surface area contributed by atoms with E-state index in [1.54, 1.807) is 0 Å². The van der Waals surface area contributed by atoms with Gasteiger partial charge < -0.3 is 13.6 Å². The molecule has 0 aliphatic carbocycles. The van der Waals surface area contributed by atoms with Crippen molar-refractivity contribution in [2.24, 2.45) is 0 Å². The fourth-order valence-corrected chi connectivity index (χ4v) is 5.29. The second-order valence-corrected chi connectivity index (χ2v) is 8.86. The Kier molecular flexibility index (Phi) is 4.51. The van der Waals surface area contributed by atoms with Gasteiger partial charge in [0.25, 0.3) is 0 Å². The van der Waals surface area contributed by atoms with Crippen molar-refractivity contribution in [3.8, 4) is 5.75 Å². The molecule has 0 amide bonds. The number of hydrogen-bond donors (Lipinski definition) is 0. The number of nitrogens with zero attached hydrogens (tertiary/aromatic N) is 2. The van der Waals surface area contributed by atoms with E-state index in [2.05, 4.69) is 116 Å². The van der Waals surface area contributed by atoms with Crippen LogP contribution in [0.25, 0.3) is 5.57 Å². The maximum absolute atomic E-state index is 7.04. The minimum Gasteiger partial charge on any atom is -0.635 e. The zero-order valence-corrected chi connectivity index (χ0v) is 18.9. The van der Waals surface area contributed by atoms with Gasteiger partial charge in [-0.05, 0) is 52.0 Å². The van der Waals surface area contributed by atoms with E-state index in [4.69, 9.17) is 4.65 Å². The van der Waals surface area contributed by atoms with Crippen LogP contribution in [0.5, 0.6) is 5.75 Å². The van der Waals surface area contributed by atoms with Crippen LogP contribution in [0.15, 0.2) is 126 Å². The number of para-hydroxylation sites is 1. The molecular formula is C27H20BBrN2O. The zero-order valence-electron chi connectivity index (χ0n) is 17.3. The predicted molar refractivity (Wildman–Crippen MR) is 134 cm³/mol. The molecule has 0 bridgehead atoms. The van der Waals surface area contributed by atoms with Crippen molar-refractivity contribution in [3.63, 3.8) is 0 Å². The molecule has 1 atom stereocenters. The summed E-state index contributed by atoms with van der Waals surface area (Å²) in [5.41, 5.74) is 5.76. The lowest BCUT2D eigenvalue weighted by molar-refractivity contribution is -0.342. The van der Waals surface area contributed by atoms with Crippen LogP contribution in [-0.2, 0) is 0 Å². The maximum atomic E-state index is 7.04. The van der Waals surface area contributed by atoms with Crippen LogP contribution < -0.4 is 10.1 Å². The molecule has 32 heavy (non-hydrogen) atoms. The molecule has 0 N–H and O–H groups in total. The van der Waals surface area contributed by atoms with Crippen LogP contribution in [-0.4, -0.2) is 21.8 Å². The molecule has 2 aliphatic heterocycles. The molecule has 4 aromatic rings. The average molecular weight is 479 g/mol. The van der Waals surface area contributed by atoms with Crippen LogP contribution in [0.4, 0.5) is 0 Å². The second kappa shape index (κ2) is 7.54. The number of aromatic nitrogens is 1. The molecule has 3 nitrogen and oxygen atoms in total. The van der Waals surface area contributed by atoms with Gasteiger partial charge in [-0.15, -0.1) is 0 Å². The lowest BCUT2D eigenvalue weighted by atomic mass is 9.55. The van der Waals surface area contributed by atoms with Crippen molar-refractivity contribution in [1.82, 2.24) is 4.48 Å². The third kappa shape index (κ3) is 2.78. The van der Waals surface area contributed by atoms with Gasteiger partial charge in [-0.2, -0.15) is 0 Å². The van der Waals surface area contributed by atoms with Crippen LogP contribution in [0.3, 0.4) is 0 Å². The first-order chi connectivity index (χ1) is 15.8. The molecule has 3 heterocycles. The van der Waals surface area contributed by atoms with Gasteiger partial charge in [0.2, 0.25) is 0 Å². The van der Waals surface area contributed by atoms with Crippen molar-refractivity contribution < 1.29 is 9.14 Å². The summed E-state index contributed by atoms with van der Waals surface area (Å²) in [6.07, 6.45) is 8.55. The summed E-state index contributed by atoms with van der Waals surface area (Å²) in [4.78, 5) is 0. The second-order valence-electron chi connectivity index (χ2n) is 8.00. The van der Waals surface area contributed by atoms with Gasteiger partial charge in [-0.1, -0.05) is 78.3 Å². The Labute approximate surface area is 195 Å². The van der Waals surface area contributed by atoms with Gasteiger partial charge in [0.1, 0.15) is 6.21 Å². The Morgan fingerprint density at radius 3 is 2.28 bits per heavy atom. The molecule has 0 radical (unpaired) electrons. The predicted octanol–water partition coefficient (Wildman–Crippen LogP) is 5.45. The largest absolute Gasteiger partial charge is 0.635 e. The monoisotopic (exact) mass is 478 g/mol. The van der Waals surface area contributed by atoms with E-state index in [0.29, 0.717) is 0 Å². The minimum atomic E-state index is -1.84. The molecule has 0 fully saturated rings. The molecule has 0 saturated heterocycles. The summed E-state index contributed by atoms with van der Waals surface area (Å²) >= 11 is 3.69. The van der Waals surface area contributed by atoms with E-state index in [-0.39, 0.29) is 0 Å². The molecule has 154 valence electrons. The van der Waals surface area contributed by atoms with Crippen molar-refractivity contribution >= 4 is 39.8 Å². The first-order valence-electron chi connectivity index (χ1n) is 10.7. The van der Waals surface area contributed by atoms with E-state index in [0.717, 1.165) is 27.1 Å². The van der Waals surface area contributed by atoms with Crippen molar-refractivity contribution in [2.75, 3.05) is 0 Å². The minimum absolute atomic E-state index is 0.804. The number of allylic oxidation sites excluding steroid dienone is 2. The quantitative estimate of drug-likeness (QED) is 0.356. The van der Waals surface area contributed by atoms with Gasteiger partial charge in [0, 0.05) is 17.8 Å². The fraction of sp³-hybridized carbons (Fsp3) is 0. The summed E-state index contributed by atoms with van der Waals surface area (Å²) in [5.74, 6) is 0.804. The lowest BCUT2D eigenvalue weighted by Gasteiger charge is -2.43. The van der Waals surface area contributed by atoms with E-state index in [9.17, 15) is 0 Å². The standard InChI is InChI=1S/C27H20BBrN2O/c29-23-15-7-8-18-26(23)32-28(22-13-5-2-6-14-22)30-19-9-16-24(30)27(21-11-3-1-4-12-21)25-17-10-20-31(25)28/h1-20H. The third-order valence-corrected chi connectivity index (χ3v) is 6.90. The Morgan fingerprint density at radius 1 is 0.781 bits per heavy atom. The summed E-state index contributed by atoms with van der Waals surface area (Å²) in [6, 6.07) is 33.4. The summed E-state index contributed by atoms with van der Waals surface area (Å²) in [7, 11) is 0. The fourth-order valence-electron chi connectivity index (χ4n) is 4.91. The molecule has 2 aliphatic rings. The lowest BCUT2D eigenvalue weighted by Crippen LogP contribution is -2.69. The Balaban J connectivity index is 1.67. The van der Waals surface area contributed by atoms with E-state index >= 15 is 0 Å². The highest BCUT2D eigenvalue weighted by Gasteiger charge is 2.53. The van der Waals surface area contributed by atoms with Crippen molar-refractivity contribution in [3.05, 3.63) is 137 Å². The van der Waals surface area contributed by atoms with Crippen LogP contribution in [0, 0.1) is 0 Å². The van der Waals surface area contributed by atoms with E-state index in [1.807, 2.05) is 30.3 Å². The number of benzene rings is 3. The summed E-state index contributed by atoms with van der Waals surface area (Å²) < 4.78 is 12.6. The average Bonchev–Trinajstić information content (AvgIpc) is 3.52. The van der Waals surface area contributed by atoms with Crippen LogP contribution in [0.2, 0.25) is 0 Å². The number of rotatable bonds is 4. The number of fused-ring (bicyclic) bond motifs is 2. The molecule has 5 heteroatoms. The Morgan fingerprint density at radius 2 is 1.50 bits per heavy atom. The highest BCUT2D eigenvalue weighted by Crippen LogP contribution is 2.39. The first-order valence-corrected chi connectivity index (χ1v) is 11.5. The van der Waals surface area contributed by atoms with Crippen molar-refractivity contribution in [2.45, 2.75) is 0 Å². The van der Waals surface area contributed by atoms with Gasteiger partial charge in [0.15, 0.2) is 5.70 Å². The van der Waals surface area contributed by atoms with Crippen LogP contribution in [0.1, 0.15) is 11.3 Å². The zero-order chi connectivity index (χ0) is 21.5. The molecule has 1 aromatic heterocycles. The Hall–Kier alpha value is -3.57. The molecule has 3 aromatic carbocycles. The number of hydrogen-bond acceptors (Lipinski definition) is 1. The third-order valence-electron chi connectivity index (χ3n) is 6.25. The topological polar surface area (TPSA) is 17.2 Å². The Bertz CT molecular complexity index is 1410. The van der Waals surface area contributed by atoms with Gasteiger partial charge >= 0.3 is 6.62 Å². The maximum Gasteiger partial charge on any atom is 0.597 e. The molecule has 6 rings (SSSR count).